The minimum atomic E-state index is -4.61. The van der Waals surface area contributed by atoms with Gasteiger partial charge in [0.05, 0.1) is 21.3 Å². The number of benzene rings is 1. The van der Waals surface area contributed by atoms with Gasteiger partial charge in [0, 0.05) is 24.3 Å². The van der Waals surface area contributed by atoms with Gasteiger partial charge < -0.3 is 15.5 Å². The number of nitrogens with one attached hydrogen (secondary N) is 3. The first-order valence-corrected chi connectivity index (χ1v) is 12.3. The third kappa shape index (κ3) is 4.81. The van der Waals surface area contributed by atoms with E-state index in [0.717, 1.165) is 9.91 Å². The van der Waals surface area contributed by atoms with Gasteiger partial charge in [-0.15, -0.1) is 0 Å². The highest BCUT2D eigenvalue weighted by atomic mass is 35.5. The number of oxime groups is 1. The van der Waals surface area contributed by atoms with Gasteiger partial charge >= 0.3 is 12.2 Å². The van der Waals surface area contributed by atoms with Gasteiger partial charge in [-0.2, -0.15) is 18.6 Å². The Bertz CT molecular complexity index is 1430. The van der Waals surface area contributed by atoms with E-state index in [2.05, 4.69) is 26.2 Å². The molecule has 2 fully saturated rings. The van der Waals surface area contributed by atoms with Crippen LogP contribution in [0.2, 0.25) is 15.1 Å². The van der Waals surface area contributed by atoms with Gasteiger partial charge in [0.25, 0.3) is 5.91 Å². The van der Waals surface area contributed by atoms with E-state index in [-0.39, 0.29) is 40.4 Å². The molecule has 2 aromatic rings. The lowest BCUT2D eigenvalue weighted by atomic mass is 9.91. The number of nitrogens with zero attached hydrogens (tertiary/aromatic N) is 4. The summed E-state index contributed by atoms with van der Waals surface area (Å²) in [6.07, 6.45) is -5.24. The van der Waals surface area contributed by atoms with Gasteiger partial charge in [-0.3, -0.25) is 14.5 Å². The second-order valence-corrected chi connectivity index (χ2v) is 10.1. The number of fused-ring (bicyclic) bond motifs is 1. The molecule has 0 saturated carbocycles. The Morgan fingerprint density at radius 3 is 2.54 bits per heavy atom. The Kier molecular flexibility index (Phi) is 6.77. The zero-order valence-corrected chi connectivity index (χ0v) is 21.9. The summed E-state index contributed by atoms with van der Waals surface area (Å²) in [6, 6.07) is 4.63. The number of hydrazine groups is 1. The normalized spacial score (nSPS) is 24.6. The van der Waals surface area contributed by atoms with Crippen LogP contribution in [0.25, 0.3) is 0 Å². The van der Waals surface area contributed by atoms with Crippen LogP contribution in [0.4, 0.5) is 29.5 Å². The summed E-state index contributed by atoms with van der Waals surface area (Å²) in [5.74, 6) is -2.48. The van der Waals surface area contributed by atoms with E-state index in [1.165, 1.54) is 18.2 Å². The lowest BCUT2D eigenvalue weighted by Gasteiger charge is -2.26. The highest BCUT2D eigenvalue weighted by Crippen LogP contribution is 2.37. The average molecular weight is 607 g/mol. The predicted molar refractivity (Wildman–Crippen MR) is 134 cm³/mol. The van der Waals surface area contributed by atoms with E-state index in [1.54, 1.807) is 6.92 Å². The van der Waals surface area contributed by atoms with Crippen molar-refractivity contribution in [2.24, 2.45) is 11.1 Å². The largest absolute Gasteiger partial charge is 0.417 e. The second kappa shape index (κ2) is 9.70. The first kappa shape index (κ1) is 27.2. The number of pyridine rings is 1. The standard InChI is InChI=1S/C22H17Cl3F3N7O4/c1-21(31-20(38)35(33-21)13-3-2-10(23)7-11(13)24)16-14-15(39-32-16)19(37)34(18(14)36)5-4-29-17-12(25)6-9(8-30-17)22(26,27)28/h2-3,6-8,14-15,33H,4-5H2,1H3,(H,29,30)(H,31,38)/t14-,15-,21+/m0/s1. The van der Waals surface area contributed by atoms with Crippen LogP contribution in [0.5, 0.6) is 0 Å². The lowest BCUT2D eigenvalue weighted by Crippen LogP contribution is -2.58. The summed E-state index contributed by atoms with van der Waals surface area (Å²) < 4.78 is 38.5. The monoisotopic (exact) mass is 605 g/mol. The fraction of sp³-hybridized carbons (Fsp3) is 0.318. The van der Waals surface area contributed by atoms with Crippen molar-refractivity contribution >= 4 is 69.9 Å². The number of urea groups is 1. The maximum absolute atomic E-state index is 13.3. The fourth-order valence-corrected chi connectivity index (χ4v) is 5.12. The zero-order chi connectivity index (χ0) is 28.3. The highest BCUT2D eigenvalue weighted by Gasteiger charge is 2.61. The Labute approximate surface area is 233 Å². The second-order valence-electron chi connectivity index (χ2n) is 8.89. The van der Waals surface area contributed by atoms with Crippen molar-refractivity contribution in [2.75, 3.05) is 23.4 Å². The molecule has 1 aromatic carbocycles. The van der Waals surface area contributed by atoms with Crippen LogP contribution in [0.1, 0.15) is 12.5 Å². The molecule has 3 aliphatic heterocycles. The minimum absolute atomic E-state index is 0.0474. The SMILES string of the molecule is C[C@@]1(C2=NO[C@@H]3C(=O)N(CCNc4ncc(C(F)(F)F)cc4Cl)C(=O)[C@H]23)NC(=O)N(c2ccc(Cl)cc2Cl)N1. The zero-order valence-electron chi connectivity index (χ0n) is 19.6. The van der Waals surface area contributed by atoms with E-state index >= 15 is 0 Å². The first-order chi connectivity index (χ1) is 18.3. The van der Waals surface area contributed by atoms with E-state index < -0.39 is 47.3 Å². The van der Waals surface area contributed by atoms with E-state index in [0.29, 0.717) is 17.3 Å². The molecule has 4 heterocycles. The number of amides is 4. The number of aromatic nitrogens is 1. The molecule has 0 aliphatic carbocycles. The molecule has 11 nitrogen and oxygen atoms in total. The van der Waals surface area contributed by atoms with Gasteiger partial charge in [0.15, 0.2) is 5.66 Å². The number of alkyl halides is 3. The van der Waals surface area contributed by atoms with E-state index in [4.69, 9.17) is 39.6 Å². The number of rotatable bonds is 6. The Morgan fingerprint density at radius 1 is 1.13 bits per heavy atom. The molecule has 206 valence electrons. The molecule has 0 spiro atoms. The molecule has 0 bridgehead atoms. The van der Waals surface area contributed by atoms with Crippen LogP contribution in [0, 0.1) is 5.92 Å². The lowest BCUT2D eigenvalue weighted by molar-refractivity contribution is -0.142. The molecule has 0 radical (unpaired) electrons. The molecule has 3 aliphatic rings. The van der Waals surface area contributed by atoms with Crippen molar-refractivity contribution in [1.82, 2.24) is 20.6 Å². The number of anilines is 2. The molecule has 4 amide bonds. The molecular formula is C22H17Cl3F3N7O4. The molecule has 2 saturated heterocycles. The van der Waals surface area contributed by atoms with Crippen molar-refractivity contribution in [1.29, 1.82) is 0 Å². The third-order valence-electron chi connectivity index (χ3n) is 6.26. The third-order valence-corrected chi connectivity index (χ3v) is 7.08. The van der Waals surface area contributed by atoms with Crippen molar-refractivity contribution < 1.29 is 32.4 Å². The van der Waals surface area contributed by atoms with Crippen LogP contribution >= 0.6 is 34.8 Å². The van der Waals surface area contributed by atoms with Gasteiger partial charge in [-0.25, -0.2) is 14.8 Å². The Hall–Kier alpha value is -3.33. The number of hydrogen-bond acceptors (Lipinski definition) is 8. The number of halogens is 6. The highest BCUT2D eigenvalue weighted by molar-refractivity contribution is 6.37. The maximum Gasteiger partial charge on any atom is 0.417 e. The smallest absolute Gasteiger partial charge is 0.381 e. The first-order valence-electron chi connectivity index (χ1n) is 11.2. The van der Waals surface area contributed by atoms with Gasteiger partial charge in [-0.1, -0.05) is 40.0 Å². The van der Waals surface area contributed by atoms with Crippen molar-refractivity contribution in [3.63, 3.8) is 0 Å². The molecule has 5 rings (SSSR count). The molecule has 0 unspecified atom stereocenters. The summed E-state index contributed by atoms with van der Waals surface area (Å²) in [4.78, 5) is 48.8. The Morgan fingerprint density at radius 2 is 1.87 bits per heavy atom. The summed E-state index contributed by atoms with van der Waals surface area (Å²) in [7, 11) is 0. The number of carbonyl (C=O) groups excluding carboxylic acids is 3. The molecule has 3 N–H and O–H groups in total. The van der Waals surface area contributed by atoms with Crippen LogP contribution in [-0.4, -0.2) is 58.3 Å². The van der Waals surface area contributed by atoms with E-state index in [1.807, 2.05) is 0 Å². The van der Waals surface area contributed by atoms with E-state index in [9.17, 15) is 27.6 Å². The van der Waals surface area contributed by atoms with Crippen LogP contribution < -0.4 is 21.1 Å². The quantitative estimate of drug-likeness (QED) is 0.428. The summed E-state index contributed by atoms with van der Waals surface area (Å²) in [5, 5.41) is 10.7. The predicted octanol–water partition coefficient (Wildman–Crippen LogP) is 3.66. The van der Waals surface area contributed by atoms with Crippen LogP contribution in [0.15, 0.2) is 35.6 Å². The number of likely N-dealkylation sites (tertiary alicyclic amines) is 1. The topological polar surface area (TPSA) is 128 Å². The Balaban J connectivity index is 1.27. The van der Waals surface area contributed by atoms with Gasteiger partial charge in [-0.05, 0) is 31.2 Å². The summed E-state index contributed by atoms with van der Waals surface area (Å²) in [6.45, 7) is 1.32. The van der Waals surface area contributed by atoms with Crippen molar-refractivity contribution in [3.8, 4) is 0 Å². The van der Waals surface area contributed by atoms with Gasteiger partial charge in [0.1, 0.15) is 17.4 Å². The van der Waals surface area contributed by atoms with Crippen molar-refractivity contribution in [3.05, 3.63) is 51.1 Å². The number of carbonyl (C=O) groups is 3. The number of imide groups is 1. The molecule has 1 aromatic heterocycles. The fourth-order valence-electron chi connectivity index (χ4n) is 4.40. The van der Waals surface area contributed by atoms with Gasteiger partial charge in [0.2, 0.25) is 12.0 Å². The van der Waals surface area contributed by atoms with Crippen LogP contribution in [-0.2, 0) is 20.6 Å². The average Bonchev–Trinajstić information content (AvgIpc) is 3.49. The maximum atomic E-state index is 13.3. The van der Waals surface area contributed by atoms with Crippen molar-refractivity contribution in [2.45, 2.75) is 24.9 Å². The number of hydrogen-bond donors (Lipinski definition) is 3. The molecule has 39 heavy (non-hydrogen) atoms. The summed E-state index contributed by atoms with van der Waals surface area (Å²) in [5.41, 5.74) is 0.842. The van der Waals surface area contributed by atoms with Crippen LogP contribution in [0.3, 0.4) is 0 Å². The molecule has 3 atom stereocenters. The minimum Gasteiger partial charge on any atom is -0.381 e. The molecule has 17 heteroatoms. The summed E-state index contributed by atoms with van der Waals surface area (Å²) >= 11 is 18.1. The molecular weight excluding hydrogens is 590 g/mol.